The molecule has 2 aliphatic carbocycles. The fourth-order valence-corrected chi connectivity index (χ4v) is 2.88. The van der Waals surface area contributed by atoms with Gasteiger partial charge in [0.2, 0.25) is 0 Å². The number of anilines is 1. The first-order valence-corrected chi connectivity index (χ1v) is 7.51. The van der Waals surface area contributed by atoms with Crippen molar-refractivity contribution in [3.8, 4) is 0 Å². The SMILES string of the molecule is Cc1nc(NC2CC2)c2ncn([C@H]3C=C[C@@H](CO)C3)c2n1. The van der Waals surface area contributed by atoms with Gasteiger partial charge in [0.1, 0.15) is 11.3 Å². The average molecular weight is 285 g/mol. The summed E-state index contributed by atoms with van der Waals surface area (Å²) in [5.41, 5.74) is 1.72. The van der Waals surface area contributed by atoms with E-state index >= 15 is 0 Å². The van der Waals surface area contributed by atoms with Crippen LogP contribution in [-0.2, 0) is 0 Å². The number of hydrogen-bond donors (Lipinski definition) is 2. The van der Waals surface area contributed by atoms with Crippen molar-refractivity contribution >= 4 is 17.0 Å². The normalized spacial score (nSPS) is 24.9. The van der Waals surface area contributed by atoms with Gasteiger partial charge in [0.15, 0.2) is 11.5 Å². The molecule has 0 radical (unpaired) electrons. The third-order valence-corrected chi connectivity index (χ3v) is 4.19. The van der Waals surface area contributed by atoms with E-state index in [1.165, 1.54) is 12.8 Å². The second kappa shape index (κ2) is 4.80. The summed E-state index contributed by atoms with van der Waals surface area (Å²) in [5.74, 6) is 1.84. The van der Waals surface area contributed by atoms with Crippen molar-refractivity contribution in [1.82, 2.24) is 19.5 Å². The van der Waals surface area contributed by atoms with Gasteiger partial charge in [-0.2, -0.15) is 0 Å². The number of hydrogen-bond acceptors (Lipinski definition) is 5. The third kappa shape index (κ3) is 2.29. The van der Waals surface area contributed by atoms with E-state index < -0.39 is 0 Å². The van der Waals surface area contributed by atoms with Gasteiger partial charge in [-0.15, -0.1) is 0 Å². The van der Waals surface area contributed by atoms with Crippen LogP contribution >= 0.6 is 0 Å². The molecule has 2 atom stereocenters. The van der Waals surface area contributed by atoms with Crippen LogP contribution in [0.1, 0.15) is 31.1 Å². The standard InChI is InChI=1S/C15H19N5O/c1-9-17-14(19-11-3-4-11)13-15(18-9)20(8-16-13)12-5-2-10(6-12)7-21/h2,5,8,10-12,21H,3-4,6-7H2,1H3,(H,17,18,19)/t10-,12+/m1/s1. The smallest absolute Gasteiger partial charge is 0.166 e. The number of aliphatic hydroxyl groups is 1. The molecule has 6 nitrogen and oxygen atoms in total. The van der Waals surface area contributed by atoms with Gasteiger partial charge in [0.25, 0.3) is 0 Å². The number of aromatic nitrogens is 4. The van der Waals surface area contributed by atoms with Gasteiger partial charge < -0.3 is 15.0 Å². The van der Waals surface area contributed by atoms with Gasteiger partial charge >= 0.3 is 0 Å². The van der Waals surface area contributed by atoms with Crippen LogP contribution in [0.5, 0.6) is 0 Å². The fraction of sp³-hybridized carbons (Fsp3) is 0.533. The van der Waals surface area contributed by atoms with E-state index in [0.717, 1.165) is 29.2 Å². The minimum absolute atomic E-state index is 0.197. The largest absolute Gasteiger partial charge is 0.396 e. The Balaban J connectivity index is 1.73. The molecule has 110 valence electrons. The summed E-state index contributed by atoms with van der Waals surface area (Å²) >= 11 is 0. The maximum atomic E-state index is 9.28. The van der Waals surface area contributed by atoms with Gasteiger partial charge in [-0.05, 0) is 26.2 Å². The molecule has 0 unspecified atom stereocenters. The lowest BCUT2D eigenvalue weighted by molar-refractivity contribution is 0.244. The molecular formula is C15H19N5O. The van der Waals surface area contributed by atoms with E-state index in [-0.39, 0.29) is 18.6 Å². The molecule has 2 N–H and O–H groups in total. The maximum absolute atomic E-state index is 9.28. The molecule has 1 fully saturated rings. The third-order valence-electron chi connectivity index (χ3n) is 4.19. The van der Waals surface area contributed by atoms with Crippen LogP contribution in [0.25, 0.3) is 11.2 Å². The number of imidazole rings is 1. The molecule has 0 amide bonds. The molecule has 0 saturated heterocycles. The number of rotatable bonds is 4. The first-order chi connectivity index (χ1) is 10.2. The van der Waals surface area contributed by atoms with Gasteiger partial charge in [0, 0.05) is 18.6 Å². The number of allylic oxidation sites excluding steroid dienone is 1. The zero-order valence-electron chi connectivity index (χ0n) is 12.0. The molecule has 2 aromatic rings. The highest BCUT2D eigenvalue weighted by molar-refractivity contribution is 5.83. The number of nitrogens with one attached hydrogen (secondary N) is 1. The zero-order valence-corrected chi connectivity index (χ0v) is 12.0. The van der Waals surface area contributed by atoms with Crippen molar-refractivity contribution in [3.63, 3.8) is 0 Å². The van der Waals surface area contributed by atoms with E-state index in [1.54, 1.807) is 0 Å². The Morgan fingerprint density at radius 1 is 1.33 bits per heavy atom. The highest BCUT2D eigenvalue weighted by Gasteiger charge is 2.26. The summed E-state index contributed by atoms with van der Waals surface area (Å²) in [6.07, 6.45) is 9.35. The Morgan fingerprint density at radius 2 is 2.19 bits per heavy atom. The molecule has 4 rings (SSSR count). The van der Waals surface area contributed by atoms with E-state index in [9.17, 15) is 5.11 Å². The van der Waals surface area contributed by atoms with E-state index in [2.05, 4.69) is 37.0 Å². The van der Waals surface area contributed by atoms with Crippen LogP contribution in [0, 0.1) is 12.8 Å². The van der Waals surface area contributed by atoms with Crippen LogP contribution in [0.3, 0.4) is 0 Å². The van der Waals surface area contributed by atoms with Crippen LogP contribution in [0.2, 0.25) is 0 Å². The number of fused-ring (bicyclic) bond motifs is 1. The summed E-state index contributed by atoms with van der Waals surface area (Å²) in [6.45, 7) is 2.11. The van der Waals surface area contributed by atoms with Gasteiger partial charge in [-0.1, -0.05) is 12.2 Å². The number of nitrogens with zero attached hydrogens (tertiary/aromatic N) is 4. The molecule has 2 aliphatic rings. The van der Waals surface area contributed by atoms with Crippen molar-refractivity contribution in [2.45, 2.75) is 38.3 Å². The summed E-state index contributed by atoms with van der Waals surface area (Å²) in [5, 5.41) is 12.7. The first kappa shape index (κ1) is 12.8. The average Bonchev–Trinajstić information content (AvgIpc) is 3.01. The summed E-state index contributed by atoms with van der Waals surface area (Å²) in [4.78, 5) is 13.6. The van der Waals surface area contributed by atoms with E-state index in [4.69, 9.17) is 0 Å². The molecule has 0 aliphatic heterocycles. The lowest BCUT2D eigenvalue weighted by atomic mass is 10.1. The van der Waals surface area contributed by atoms with Gasteiger partial charge in [0.05, 0.1) is 12.4 Å². The monoisotopic (exact) mass is 285 g/mol. The van der Waals surface area contributed by atoms with Crippen LogP contribution in [0.15, 0.2) is 18.5 Å². The Labute approximate surface area is 122 Å². The lowest BCUT2D eigenvalue weighted by Gasteiger charge is -2.13. The molecule has 2 heterocycles. The molecule has 0 bridgehead atoms. The van der Waals surface area contributed by atoms with Crippen molar-refractivity contribution in [2.75, 3.05) is 11.9 Å². The Kier molecular flexibility index (Phi) is 2.92. The highest BCUT2D eigenvalue weighted by atomic mass is 16.3. The minimum atomic E-state index is 0.197. The summed E-state index contributed by atoms with van der Waals surface area (Å²) in [6, 6.07) is 0.757. The van der Waals surface area contributed by atoms with Gasteiger partial charge in [-0.3, -0.25) is 0 Å². The van der Waals surface area contributed by atoms with Crippen LogP contribution in [-0.4, -0.2) is 37.3 Å². The topological polar surface area (TPSA) is 75.9 Å². The van der Waals surface area contributed by atoms with Crippen molar-refractivity contribution in [3.05, 3.63) is 24.3 Å². The highest BCUT2D eigenvalue weighted by Crippen LogP contribution is 2.32. The maximum Gasteiger partial charge on any atom is 0.166 e. The van der Waals surface area contributed by atoms with Crippen molar-refractivity contribution in [1.29, 1.82) is 0 Å². The molecule has 21 heavy (non-hydrogen) atoms. The molecule has 6 heteroatoms. The second-order valence-corrected chi connectivity index (χ2v) is 5.99. The minimum Gasteiger partial charge on any atom is -0.396 e. The van der Waals surface area contributed by atoms with Crippen LogP contribution in [0.4, 0.5) is 5.82 Å². The van der Waals surface area contributed by atoms with Crippen molar-refractivity contribution in [2.24, 2.45) is 5.92 Å². The second-order valence-electron chi connectivity index (χ2n) is 5.99. The Hall–Kier alpha value is -1.95. The molecule has 0 spiro atoms. The molecule has 0 aromatic carbocycles. The first-order valence-electron chi connectivity index (χ1n) is 7.51. The zero-order chi connectivity index (χ0) is 14.4. The molecule has 2 aromatic heterocycles. The summed E-state index contributed by atoms with van der Waals surface area (Å²) < 4.78 is 2.09. The number of aryl methyl sites for hydroxylation is 1. The van der Waals surface area contributed by atoms with Crippen molar-refractivity contribution < 1.29 is 5.11 Å². The summed E-state index contributed by atoms with van der Waals surface area (Å²) in [7, 11) is 0. The quantitative estimate of drug-likeness (QED) is 0.838. The predicted octanol–water partition coefficient (Wildman–Crippen LogP) is 1.82. The Morgan fingerprint density at radius 3 is 2.90 bits per heavy atom. The number of aliphatic hydroxyl groups excluding tert-OH is 1. The predicted molar refractivity (Wildman–Crippen MR) is 80.1 cm³/mol. The van der Waals surface area contributed by atoms with E-state index in [0.29, 0.717) is 6.04 Å². The van der Waals surface area contributed by atoms with Gasteiger partial charge in [-0.25, -0.2) is 15.0 Å². The van der Waals surface area contributed by atoms with Crippen LogP contribution < -0.4 is 5.32 Å². The lowest BCUT2D eigenvalue weighted by Crippen LogP contribution is -2.09. The van der Waals surface area contributed by atoms with E-state index in [1.807, 2.05) is 13.3 Å². The fourth-order valence-electron chi connectivity index (χ4n) is 2.88. The molecular weight excluding hydrogens is 266 g/mol. The molecule has 1 saturated carbocycles. The Bertz CT molecular complexity index is 703.